The van der Waals surface area contributed by atoms with Crippen LogP contribution in [0.25, 0.3) is 0 Å². The number of para-hydroxylation sites is 1. The molecule has 1 aliphatic rings. The number of anilines is 4. The second kappa shape index (κ2) is 6.45. The molecule has 1 atom stereocenters. The van der Waals surface area contributed by atoms with Crippen LogP contribution in [0.4, 0.5) is 23.1 Å². The van der Waals surface area contributed by atoms with Crippen molar-refractivity contribution in [2.24, 2.45) is 0 Å². The summed E-state index contributed by atoms with van der Waals surface area (Å²) in [4.78, 5) is 11.8. The molecule has 0 saturated carbocycles. The number of hydrogen-bond acceptors (Lipinski definition) is 4. The zero-order valence-electron chi connectivity index (χ0n) is 15.7. The molecule has 2 aromatic carbocycles. The van der Waals surface area contributed by atoms with Crippen LogP contribution in [-0.4, -0.2) is 16.0 Å². The summed E-state index contributed by atoms with van der Waals surface area (Å²) in [5, 5.41) is 3.47. The molecule has 1 aromatic heterocycles. The number of nitrogens with zero attached hydrogens (tertiary/aromatic N) is 3. The smallest absolute Gasteiger partial charge is 0.232 e. The molecule has 26 heavy (non-hydrogen) atoms. The third-order valence-corrected chi connectivity index (χ3v) is 4.91. The highest BCUT2D eigenvalue weighted by Crippen LogP contribution is 2.37. The standard InChI is InChI=1S/C22H24N4/c1-14-9-10-19(15(2)11-14)24-21-12-16(3)23-22(25-21)26-17(4)13-18-7-5-6-8-20(18)26/h5-12,17H,13H2,1-4H3,(H,23,24,25). The molecule has 4 nitrogen and oxygen atoms in total. The first kappa shape index (κ1) is 16.6. The summed E-state index contributed by atoms with van der Waals surface area (Å²) in [7, 11) is 0. The molecule has 0 spiro atoms. The molecular formula is C22H24N4. The van der Waals surface area contributed by atoms with Gasteiger partial charge in [0, 0.05) is 29.2 Å². The number of rotatable bonds is 3. The lowest BCUT2D eigenvalue weighted by Crippen LogP contribution is -2.26. The summed E-state index contributed by atoms with van der Waals surface area (Å²) in [5.74, 6) is 1.59. The van der Waals surface area contributed by atoms with E-state index in [1.807, 2.05) is 13.0 Å². The Bertz CT molecular complexity index is 964. The molecule has 0 aliphatic carbocycles. The monoisotopic (exact) mass is 344 g/mol. The molecule has 4 rings (SSSR count). The lowest BCUT2D eigenvalue weighted by molar-refractivity contribution is 0.738. The Morgan fingerprint density at radius 3 is 2.62 bits per heavy atom. The summed E-state index contributed by atoms with van der Waals surface area (Å²) in [6.07, 6.45) is 1.02. The van der Waals surface area contributed by atoms with Crippen molar-refractivity contribution in [2.45, 2.75) is 40.2 Å². The number of benzene rings is 2. The summed E-state index contributed by atoms with van der Waals surface area (Å²) in [5.41, 5.74) is 7.07. The first-order valence-corrected chi connectivity index (χ1v) is 9.08. The summed E-state index contributed by atoms with van der Waals surface area (Å²) in [6.45, 7) is 8.47. The van der Waals surface area contributed by atoms with Crippen molar-refractivity contribution < 1.29 is 0 Å². The number of nitrogens with one attached hydrogen (secondary N) is 1. The molecule has 3 aromatic rings. The van der Waals surface area contributed by atoms with Gasteiger partial charge in [0.2, 0.25) is 5.95 Å². The average Bonchev–Trinajstić information content (AvgIpc) is 2.92. The maximum atomic E-state index is 4.83. The summed E-state index contributed by atoms with van der Waals surface area (Å²) < 4.78 is 0. The van der Waals surface area contributed by atoms with E-state index in [-0.39, 0.29) is 0 Å². The predicted octanol–water partition coefficient (Wildman–Crippen LogP) is 5.23. The van der Waals surface area contributed by atoms with Crippen LogP contribution in [0.15, 0.2) is 48.5 Å². The Hall–Kier alpha value is -2.88. The normalized spacial score (nSPS) is 15.8. The van der Waals surface area contributed by atoms with E-state index in [1.54, 1.807) is 0 Å². The van der Waals surface area contributed by atoms with Crippen molar-refractivity contribution in [3.05, 3.63) is 70.9 Å². The third kappa shape index (κ3) is 3.03. The predicted molar refractivity (Wildman–Crippen MR) is 108 cm³/mol. The van der Waals surface area contributed by atoms with Crippen LogP contribution < -0.4 is 10.2 Å². The highest BCUT2D eigenvalue weighted by atomic mass is 15.3. The van der Waals surface area contributed by atoms with E-state index in [2.05, 4.69) is 73.5 Å². The molecule has 0 amide bonds. The zero-order chi connectivity index (χ0) is 18.3. The summed E-state index contributed by atoms with van der Waals surface area (Å²) in [6, 6.07) is 17.3. The minimum Gasteiger partial charge on any atom is -0.340 e. The second-order valence-electron chi connectivity index (χ2n) is 7.19. The van der Waals surface area contributed by atoms with Gasteiger partial charge in [-0.2, -0.15) is 4.98 Å². The largest absolute Gasteiger partial charge is 0.340 e. The molecule has 4 heteroatoms. The van der Waals surface area contributed by atoms with Gasteiger partial charge in [0.15, 0.2) is 0 Å². The van der Waals surface area contributed by atoms with Crippen LogP contribution in [0, 0.1) is 20.8 Å². The summed E-state index contributed by atoms with van der Waals surface area (Å²) >= 11 is 0. The van der Waals surface area contributed by atoms with Gasteiger partial charge in [0.05, 0.1) is 0 Å². The van der Waals surface area contributed by atoms with Crippen molar-refractivity contribution in [1.82, 2.24) is 9.97 Å². The Labute approximate surface area is 154 Å². The molecule has 2 heterocycles. The second-order valence-corrected chi connectivity index (χ2v) is 7.19. The zero-order valence-corrected chi connectivity index (χ0v) is 15.7. The molecule has 0 radical (unpaired) electrons. The van der Waals surface area contributed by atoms with E-state index in [9.17, 15) is 0 Å². The molecule has 0 bridgehead atoms. The van der Waals surface area contributed by atoms with Gasteiger partial charge in [-0.05, 0) is 57.4 Å². The van der Waals surface area contributed by atoms with Crippen molar-refractivity contribution in [2.75, 3.05) is 10.2 Å². The van der Waals surface area contributed by atoms with Gasteiger partial charge in [-0.3, -0.25) is 0 Å². The Kier molecular flexibility index (Phi) is 4.11. The van der Waals surface area contributed by atoms with Crippen LogP contribution in [0.5, 0.6) is 0 Å². The van der Waals surface area contributed by atoms with Gasteiger partial charge >= 0.3 is 0 Å². The molecule has 1 unspecified atom stereocenters. The van der Waals surface area contributed by atoms with Crippen LogP contribution in [0.3, 0.4) is 0 Å². The maximum absolute atomic E-state index is 4.83. The van der Waals surface area contributed by atoms with E-state index in [4.69, 9.17) is 9.97 Å². The highest BCUT2D eigenvalue weighted by Gasteiger charge is 2.29. The number of aromatic nitrogens is 2. The fraction of sp³-hybridized carbons (Fsp3) is 0.273. The van der Waals surface area contributed by atoms with E-state index in [0.29, 0.717) is 6.04 Å². The van der Waals surface area contributed by atoms with Crippen LogP contribution in [-0.2, 0) is 6.42 Å². The van der Waals surface area contributed by atoms with Crippen molar-refractivity contribution in [1.29, 1.82) is 0 Å². The lowest BCUT2D eigenvalue weighted by Gasteiger charge is -2.23. The molecule has 0 fully saturated rings. The topological polar surface area (TPSA) is 41.1 Å². The van der Waals surface area contributed by atoms with E-state index in [0.717, 1.165) is 29.6 Å². The van der Waals surface area contributed by atoms with Gasteiger partial charge in [-0.1, -0.05) is 35.9 Å². The van der Waals surface area contributed by atoms with Gasteiger partial charge in [0.25, 0.3) is 0 Å². The fourth-order valence-electron chi connectivity index (χ4n) is 3.69. The van der Waals surface area contributed by atoms with E-state index in [1.165, 1.54) is 22.4 Å². The minimum atomic E-state index is 0.350. The minimum absolute atomic E-state index is 0.350. The lowest BCUT2D eigenvalue weighted by atomic mass is 10.1. The van der Waals surface area contributed by atoms with Crippen LogP contribution in [0.1, 0.15) is 29.3 Å². The van der Waals surface area contributed by atoms with Crippen molar-refractivity contribution in [3.8, 4) is 0 Å². The van der Waals surface area contributed by atoms with Gasteiger partial charge in [0.1, 0.15) is 5.82 Å². The number of aryl methyl sites for hydroxylation is 3. The van der Waals surface area contributed by atoms with Crippen LogP contribution >= 0.6 is 0 Å². The molecular weight excluding hydrogens is 320 g/mol. The van der Waals surface area contributed by atoms with Gasteiger partial charge in [-0.25, -0.2) is 4.98 Å². The first-order chi connectivity index (χ1) is 12.5. The van der Waals surface area contributed by atoms with E-state index < -0.39 is 0 Å². The quantitative estimate of drug-likeness (QED) is 0.706. The van der Waals surface area contributed by atoms with Crippen molar-refractivity contribution in [3.63, 3.8) is 0 Å². The number of hydrogen-bond donors (Lipinski definition) is 1. The molecule has 1 N–H and O–H groups in total. The van der Waals surface area contributed by atoms with Gasteiger partial charge in [-0.15, -0.1) is 0 Å². The Morgan fingerprint density at radius 1 is 1.00 bits per heavy atom. The maximum Gasteiger partial charge on any atom is 0.232 e. The molecule has 0 saturated heterocycles. The van der Waals surface area contributed by atoms with E-state index >= 15 is 0 Å². The SMILES string of the molecule is Cc1ccc(Nc2cc(C)nc(N3c4ccccc4CC3C)n2)c(C)c1. The Morgan fingerprint density at radius 2 is 1.81 bits per heavy atom. The highest BCUT2D eigenvalue weighted by molar-refractivity contribution is 5.69. The third-order valence-electron chi connectivity index (χ3n) is 4.91. The molecule has 132 valence electrons. The Balaban J connectivity index is 1.71. The fourth-order valence-corrected chi connectivity index (χ4v) is 3.69. The van der Waals surface area contributed by atoms with Crippen LogP contribution in [0.2, 0.25) is 0 Å². The van der Waals surface area contributed by atoms with Crippen molar-refractivity contribution >= 4 is 23.1 Å². The average molecular weight is 344 g/mol. The first-order valence-electron chi connectivity index (χ1n) is 9.08. The van der Waals surface area contributed by atoms with Gasteiger partial charge < -0.3 is 10.2 Å². The number of fused-ring (bicyclic) bond motifs is 1. The molecule has 1 aliphatic heterocycles.